The molecule has 0 aliphatic rings. The molecule has 1 heterocycles. The van der Waals surface area contributed by atoms with E-state index in [1.165, 1.54) is 6.92 Å². The molecule has 0 fully saturated rings. The van der Waals surface area contributed by atoms with Crippen molar-refractivity contribution in [1.82, 2.24) is 15.0 Å². The Labute approximate surface area is 93.9 Å². The summed E-state index contributed by atoms with van der Waals surface area (Å²) in [5.74, 6) is -0.0589. The summed E-state index contributed by atoms with van der Waals surface area (Å²) in [6.45, 7) is 5.36. The van der Waals surface area contributed by atoms with Crippen LogP contribution in [0.3, 0.4) is 0 Å². The van der Waals surface area contributed by atoms with Gasteiger partial charge in [-0.15, -0.1) is 5.10 Å². The Kier molecular flexibility index (Phi) is 2.56. The summed E-state index contributed by atoms with van der Waals surface area (Å²) in [7, 11) is 0. The average Bonchev–Trinajstić information content (AvgIpc) is 2.60. The van der Waals surface area contributed by atoms with Gasteiger partial charge in [0.1, 0.15) is 0 Å². The van der Waals surface area contributed by atoms with Gasteiger partial charge in [0.25, 0.3) is 0 Å². The fraction of sp³-hybridized carbons (Fsp3) is 0.250. The van der Waals surface area contributed by atoms with Gasteiger partial charge in [-0.1, -0.05) is 17.3 Å². The van der Waals surface area contributed by atoms with Crippen LogP contribution in [-0.2, 0) is 0 Å². The Hall–Kier alpha value is -1.97. The molecule has 0 atom stereocenters. The Bertz CT molecular complexity index is 543. The van der Waals surface area contributed by atoms with E-state index in [1.807, 2.05) is 38.1 Å². The highest BCUT2D eigenvalue weighted by molar-refractivity contribution is 5.93. The summed E-state index contributed by atoms with van der Waals surface area (Å²) in [5, 5.41) is 7.88. The number of benzene rings is 1. The van der Waals surface area contributed by atoms with Crippen LogP contribution >= 0.6 is 0 Å². The zero-order valence-corrected chi connectivity index (χ0v) is 9.56. The monoisotopic (exact) mass is 215 g/mol. The van der Waals surface area contributed by atoms with Crippen molar-refractivity contribution in [3.05, 3.63) is 41.2 Å². The smallest absolute Gasteiger partial charge is 0.181 e. The van der Waals surface area contributed by atoms with Crippen molar-refractivity contribution in [1.29, 1.82) is 0 Å². The Morgan fingerprint density at radius 2 is 2.06 bits per heavy atom. The quantitative estimate of drug-likeness (QED) is 0.721. The number of carbonyl (C=O) groups is 1. The fourth-order valence-corrected chi connectivity index (χ4v) is 1.66. The van der Waals surface area contributed by atoms with E-state index < -0.39 is 0 Å². The van der Waals surface area contributed by atoms with Crippen LogP contribution in [0, 0.1) is 13.8 Å². The molecule has 1 aromatic heterocycles. The van der Waals surface area contributed by atoms with Gasteiger partial charge in [-0.3, -0.25) is 4.79 Å². The van der Waals surface area contributed by atoms with E-state index in [-0.39, 0.29) is 5.78 Å². The molecule has 4 nitrogen and oxygen atoms in total. The Balaban J connectivity index is 2.53. The minimum Gasteiger partial charge on any atom is -0.293 e. The first-order chi connectivity index (χ1) is 7.59. The van der Waals surface area contributed by atoms with E-state index in [0.717, 1.165) is 16.9 Å². The standard InChI is InChI=1S/C12H13N3O/c1-8-5-4-6-11(7-8)15-9(2)12(10(3)16)13-14-15/h4-7H,1-3H3. The maximum Gasteiger partial charge on any atom is 0.181 e. The number of aryl methyl sites for hydroxylation is 1. The van der Waals surface area contributed by atoms with E-state index in [2.05, 4.69) is 10.3 Å². The average molecular weight is 215 g/mol. The molecule has 2 rings (SSSR count). The normalized spacial score (nSPS) is 10.4. The number of Topliss-reactive ketones (excluding diaryl/α,β-unsaturated/α-hetero) is 1. The van der Waals surface area contributed by atoms with E-state index in [4.69, 9.17) is 0 Å². The lowest BCUT2D eigenvalue weighted by Crippen LogP contribution is -2.01. The number of rotatable bonds is 2. The van der Waals surface area contributed by atoms with Crippen molar-refractivity contribution in [2.75, 3.05) is 0 Å². The molecule has 0 amide bonds. The van der Waals surface area contributed by atoms with Gasteiger partial charge in [-0.05, 0) is 31.5 Å². The Morgan fingerprint density at radius 3 is 2.62 bits per heavy atom. The zero-order chi connectivity index (χ0) is 11.7. The second-order valence-corrected chi connectivity index (χ2v) is 3.83. The predicted molar refractivity (Wildman–Crippen MR) is 60.8 cm³/mol. The van der Waals surface area contributed by atoms with Crippen LogP contribution in [0.5, 0.6) is 0 Å². The predicted octanol–water partition coefficient (Wildman–Crippen LogP) is 2.09. The molecule has 82 valence electrons. The van der Waals surface area contributed by atoms with Crippen LogP contribution in [0.15, 0.2) is 24.3 Å². The molecule has 0 saturated carbocycles. The molecule has 0 aliphatic heterocycles. The molecule has 16 heavy (non-hydrogen) atoms. The van der Waals surface area contributed by atoms with Crippen LogP contribution in [-0.4, -0.2) is 20.8 Å². The highest BCUT2D eigenvalue weighted by Gasteiger charge is 2.13. The first-order valence-electron chi connectivity index (χ1n) is 5.10. The molecule has 0 bridgehead atoms. The molecule has 0 saturated heterocycles. The van der Waals surface area contributed by atoms with Gasteiger partial charge in [0, 0.05) is 6.92 Å². The van der Waals surface area contributed by atoms with Crippen molar-refractivity contribution >= 4 is 5.78 Å². The molecule has 0 unspecified atom stereocenters. The van der Waals surface area contributed by atoms with Crippen LogP contribution in [0.25, 0.3) is 5.69 Å². The van der Waals surface area contributed by atoms with E-state index in [1.54, 1.807) is 4.68 Å². The van der Waals surface area contributed by atoms with Crippen molar-refractivity contribution in [3.63, 3.8) is 0 Å². The van der Waals surface area contributed by atoms with E-state index in [0.29, 0.717) is 5.69 Å². The molecule has 0 N–H and O–H groups in total. The van der Waals surface area contributed by atoms with Gasteiger partial charge in [0.05, 0.1) is 11.4 Å². The van der Waals surface area contributed by atoms with Crippen molar-refractivity contribution < 1.29 is 4.79 Å². The van der Waals surface area contributed by atoms with Crippen LogP contribution < -0.4 is 0 Å². The molecular formula is C12H13N3O. The first-order valence-corrected chi connectivity index (χ1v) is 5.10. The largest absolute Gasteiger partial charge is 0.293 e. The molecule has 1 aromatic carbocycles. The number of nitrogens with zero attached hydrogens (tertiary/aromatic N) is 3. The SMILES string of the molecule is CC(=O)c1nnn(-c2cccc(C)c2)c1C. The third-order valence-corrected chi connectivity index (χ3v) is 2.47. The lowest BCUT2D eigenvalue weighted by atomic mass is 10.2. The van der Waals surface area contributed by atoms with Crippen LogP contribution in [0.4, 0.5) is 0 Å². The van der Waals surface area contributed by atoms with Gasteiger partial charge in [-0.25, -0.2) is 4.68 Å². The maximum absolute atomic E-state index is 11.3. The first kappa shape index (κ1) is 10.5. The second-order valence-electron chi connectivity index (χ2n) is 3.83. The highest BCUT2D eigenvalue weighted by Crippen LogP contribution is 2.13. The molecule has 4 heteroatoms. The summed E-state index contributed by atoms with van der Waals surface area (Å²) in [4.78, 5) is 11.3. The van der Waals surface area contributed by atoms with Crippen molar-refractivity contribution in [3.8, 4) is 5.69 Å². The fourth-order valence-electron chi connectivity index (χ4n) is 1.66. The number of carbonyl (C=O) groups excluding carboxylic acids is 1. The van der Waals surface area contributed by atoms with Gasteiger partial charge >= 0.3 is 0 Å². The molecular weight excluding hydrogens is 202 g/mol. The maximum atomic E-state index is 11.3. The third-order valence-electron chi connectivity index (χ3n) is 2.47. The molecule has 0 spiro atoms. The molecule has 0 aliphatic carbocycles. The number of hydrogen-bond donors (Lipinski definition) is 0. The number of hydrogen-bond acceptors (Lipinski definition) is 3. The topological polar surface area (TPSA) is 47.8 Å². The summed E-state index contributed by atoms with van der Waals surface area (Å²) >= 11 is 0. The second kappa shape index (κ2) is 3.89. The third kappa shape index (κ3) is 1.74. The van der Waals surface area contributed by atoms with Crippen LogP contribution in [0.2, 0.25) is 0 Å². The summed E-state index contributed by atoms with van der Waals surface area (Å²) in [5.41, 5.74) is 3.29. The van der Waals surface area contributed by atoms with Gasteiger partial charge in [-0.2, -0.15) is 0 Å². The summed E-state index contributed by atoms with van der Waals surface area (Å²) in [6, 6.07) is 7.92. The summed E-state index contributed by atoms with van der Waals surface area (Å²) in [6.07, 6.45) is 0. The zero-order valence-electron chi connectivity index (χ0n) is 9.56. The van der Waals surface area contributed by atoms with Gasteiger partial charge in [0.15, 0.2) is 11.5 Å². The molecule has 2 aromatic rings. The minimum absolute atomic E-state index is 0.0589. The van der Waals surface area contributed by atoms with Crippen molar-refractivity contribution in [2.45, 2.75) is 20.8 Å². The highest BCUT2D eigenvalue weighted by atomic mass is 16.1. The number of aromatic nitrogens is 3. The van der Waals surface area contributed by atoms with E-state index >= 15 is 0 Å². The lowest BCUT2D eigenvalue weighted by Gasteiger charge is -2.03. The van der Waals surface area contributed by atoms with E-state index in [9.17, 15) is 4.79 Å². The van der Waals surface area contributed by atoms with Crippen molar-refractivity contribution in [2.24, 2.45) is 0 Å². The lowest BCUT2D eigenvalue weighted by molar-refractivity contribution is 0.101. The van der Waals surface area contributed by atoms with Gasteiger partial charge in [0.2, 0.25) is 0 Å². The Morgan fingerprint density at radius 1 is 1.31 bits per heavy atom. The minimum atomic E-state index is -0.0589. The summed E-state index contributed by atoms with van der Waals surface area (Å²) < 4.78 is 1.68. The number of ketones is 1. The van der Waals surface area contributed by atoms with Crippen LogP contribution in [0.1, 0.15) is 28.7 Å². The molecule has 0 radical (unpaired) electrons. The van der Waals surface area contributed by atoms with Gasteiger partial charge < -0.3 is 0 Å².